The number of benzene rings is 3. The predicted molar refractivity (Wildman–Crippen MR) is 222 cm³/mol. The molecule has 3 aromatic carbocycles. The van der Waals surface area contributed by atoms with Crippen LogP contribution in [0, 0.1) is 17.2 Å². The summed E-state index contributed by atoms with van der Waals surface area (Å²) in [6, 6.07) is 25.9. The molecule has 58 heavy (non-hydrogen) atoms. The molecule has 3 amide bonds. The van der Waals surface area contributed by atoms with Crippen LogP contribution < -0.4 is 14.9 Å². The Morgan fingerprint density at radius 1 is 0.966 bits per heavy atom. The molecule has 0 bridgehead atoms. The second-order valence-electron chi connectivity index (χ2n) is 15.5. The van der Waals surface area contributed by atoms with Gasteiger partial charge >= 0.3 is 13.5 Å². The van der Waals surface area contributed by atoms with Crippen LogP contribution in [0.25, 0.3) is 10.1 Å². The van der Waals surface area contributed by atoms with Crippen LogP contribution in [0.5, 0.6) is 5.75 Å². The highest BCUT2D eigenvalue weighted by Gasteiger charge is 2.47. The number of thiophene rings is 1. The van der Waals surface area contributed by atoms with E-state index in [4.69, 9.17) is 9.26 Å². The van der Waals surface area contributed by atoms with Crippen LogP contribution in [0.4, 0.5) is 0 Å². The normalized spacial score (nSPS) is 23.5. The van der Waals surface area contributed by atoms with Gasteiger partial charge in [-0.25, -0.2) is 5.09 Å². The van der Waals surface area contributed by atoms with Gasteiger partial charge in [0.1, 0.15) is 23.9 Å². The number of hydrogen-bond donors (Lipinski definition) is 2. The summed E-state index contributed by atoms with van der Waals surface area (Å²) in [7, 11) is -3.70. The Bertz CT molecular complexity index is 2210. The summed E-state index contributed by atoms with van der Waals surface area (Å²) < 4.78 is 26.5. The largest absolute Gasteiger partial charge is 0.465 e. The fourth-order valence-corrected chi connectivity index (χ4v) is 11.5. The van der Waals surface area contributed by atoms with Gasteiger partial charge in [0.2, 0.25) is 11.8 Å². The number of esters is 1. The lowest BCUT2D eigenvalue weighted by Gasteiger charge is -2.36. The summed E-state index contributed by atoms with van der Waals surface area (Å²) in [5.41, 5.74) is 1.71. The van der Waals surface area contributed by atoms with Crippen molar-refractivity contribution in [1.29, 1.82) is 5.26 Å². The SMILES string of the molecule is CCCOC(=O)[C@H](C)NP(=O)(Cc1ccc2sc(C(=O)N[C@H]3CCCC[C@H]4CC[C@@H](C(=O)N5C[C@@H](C#N)[C@H](c6ccccc6)C5)N4C3=O)cc2c1)Oc1ccccc1. The molecule has 4 aromatic rings. The van der Waals surface area contributed by atoms with Crippen molar-refractivity contribution in [2.45, 2.75) is 95.0 Å². The minimum absolute atomic E-state index is 0.0322. The lowest BCUT2D eigenvalue weighted by Crippen LogP contribution is -2.56. The first-order valence-corrected chi connectivity index (χ1v) is 22.9. The third kappa shape index (κ3) is 9.31. The van der Waals surface area contributed by atoms with Gasteiger partial charge in [-0.05, 0) is 85.9 Å². The number of nitrogens with zero attached hydrogens (tertiary/aromatic N) is 3. The Balaban J connectivity index is 1.05. The van der Waals surface area contributed by atoms with Crippen LogP contribution in [0.15, 0.2) is 84.9 Å². The van der Waals surface area contributed by atoms with Crippen LogP contribution in [-0.4, -0.2) is 77.4 Å². The first-order valence-electron chi connectivity index (χ1n) is 20.2. The fourth-order valence-electron chi connectivity index (χ4n) is 8.48. The number of hydrogen-bond acceptors (Lipinski definition) is 9. The molecular weight excluding hydrogens is 774 g/mol. The highest BCUT2D eigenvalue weighted by Crippen LogP contribution is 2.47. The van der Waals surface area contributed by atoms with Crippen molar-refractivity contribution >= 4 is 52.6 Å². The number of rotatable bonds is 13. The van der Waals surface area contributed by atoms with Crippen molar-refractivity contribution in [3.05, 3.63) is 101 Å². The number of carbonyl (C=O) groups is 4. The number of ether oxygens (including phenoxy) is 1. The topological polar surface area (TPSA) is 158 Å². The van der Waals surface area contributed by atoms with E-state index in [1.54, 1.807) is 47.1 Å². The van der Waals surface area contributed by atoms with Crippen molar-refractivity contribution in [2.75, 3.05) is 19.7 Å². The molecule has 3 saturated heterocycles. The van der Waals surface area contributed by atoms with Crippen molar-refractivity contribution in [3.63, 3.8) is 0 Å². The zero-order valence-corrected chi connectivity index (χ0v) is 34.6. The number of amides is 3. The summed E-state index contributed by atoms with van der Waals surface area (Å²) in [6.07, 6.45) is 4.84. The molecule has 0 saturated carbocycles. The third-order valence-corrected chi connectivity index (χ3v) is 14.5. The van der Waals surface area contributed by atoms with Crippen LogP contribution in [0.1, 0.15) is 85.5 Å². The molecule has 1 unspecified atom stereocenters. The number of fused-ring (bicyclic) bond motifs is 2. The molecule has 12 nitrogen and oxygen atoms in total. The van der Waals surface area contributed by atoms with Crippen LogP contribution in [0.3, 0.4) is 0 Å². The maximum atomic E-state index is 14.4. The van der Waals surface area contributed by atoms with E-state index in [2.05, 4.69) is 16.5 Å². The molecule has 3 aliphatic rings. The van der Waals surface area contributed by atoms with Gasteiger partial charge in [-0.3, -0.25) is 23.7 Å². The highest BCUT2D eigenvalue weighted by atomic mass is 32.1. The van der Waals surface area contributed by atoms with E-state index in [-0.39, 0.29) is 48.4 Å². The molecule has 3 aliphatic heterocycles. The minimum atomic E-state index is -3.70. The quantitative estimate of drug-likeness (QED) is 0.104. The number of nitriles is 1. The second-order valence-corrected chi connectivity index (χ2v) is 18.7. The van der Waals surface area contributed by atoms with Crippen LogP contribution >= 0.6 is 18.9 Å². The number of para-hydroxylation sites is 1. The zero-order chi connectivity index (χ0) is 40.8. The molecule has 3 fully saturated rings. The molecule has 7 atom stereocenters. The molecule has 4 heterocycles. The Kier molecular flexibility index (Phi) is 13.0. The zero-order valence-electron chi connectivity index (χ0n) is 32.9. The van der Waals surface area contributed by atoms with Crippen LogP contribution in [-0.2, 0) is 29.8 Å². The Hall–Kier alpha value is -5.02. The predicted octanol–water partition coefficient (Wildman–Crippen LogP) is 7.40. The van der Waals surface area contributed by atoms with E-state index in [0.29, 0.717) is 48.5 Å². The van der Waals surface area contributed by atoms with Crippen LogP contribution in [0.2, 0.25) is 0 Å². The highest BCUT2D eigenvalue weighted by molar-refractivity contribution is 7.56. The summed E-state index contributed by atoms with van der Waals surface area (Å²) in [4.78, 5) is 58.9. The van der Waals surface area contributed by atoms with Gasteiger partial charge < -0.3 is 24.4 Å². The standard InChI is InChI=1S/C44H50N5O7PS/c1-3-22-55-44(53)29(2)47-57(54,56-35-15-8-5-9-16-35)28-30-18-21-39-32(23-30)24-40(58-39)41(50)46-37-17-11-10-14-34-19-20-38(49(34)42(37)51)43(52)48-26-33(25-45)36(27-48)31-12-6-4-7-13-31/h4-9,12-13,15-16,18,21,23-24,29,33-34,36-38H,3,10-11,14,17,19-20,22,26-28H2,1-2H3,(H,46,50)(H,47,54)/t29-,33+,34-,36-,37-,38-,57?/m0/s1. The Morgan fingerprint density at radius 3 is 2.45 bits per heavy atom. The fraction of sp³-hybridized carbons (Fsp3) is 0.432. The molecule has 0 aliphatic carbocycles. The summed E-state index contributed by atoms with van der Waals surface area (Å²) in [5.74, 6) is -1.28. The summed E-state index contributed by atoms with van der Waals surface area (Å²) in [5, 5.41) is 16.7. The minimum Gasteiger partial charge on any atom is -0.465 e. The van der Waals surface area contributed by atoms with Gasteiger partial charge in [-0.1, -0.05) is 74.4 Å². The van der Waals surface area contributed by atoms with Crippen molar-refractivity contribution in [1.82, 2.24) is 20.2 Å². The number of carbonyl (C=O) groups excluding carboxylic acids is 4. The van der Waals surface area contributed by atoms with Gasteiger partial charge in [0.25, 0.3) is 5.91 Å². The molecule has 1 aromatic heterocycles. The van der Waals surface area contributed by atoms with E-state index in [9.17, 15) is 29.0 Å². The second kappa shape index (κ2) is 18.3. The van der Waals surface area contributed by atoms with Crippen molar-refractivity contribution in [2.24, 2.45) is 5.92 Å². The first-order chi connectivity index (χ1) is 28.1. The first kappa shape index (κ1) is 41.2. The van der Waals surface area contributed by atoms with E-state index < -0.39 is 31.6 Å². The lowest BCUT2D eigenvalue weighted by atomic mass is 9.90. The van der Waals surface area contributed by atoms with Gasteiger partial charge in [0, 0.05) is 29.7 Å². The summed E-state index contributed by atoms with van der Waals surface area (Å²) in [6.45, 7) is 4.50. The van der Waals surface area contributed by atoms with Gasteiger partial charge in [0.05, 0.1) is 29.6 Å². The molecule has 7 rings (SSSR count). The lowest BCUT2D eigenvalue weighted by molar-refractivity contribution is -0.146. The molecule has 304 valence electrons. The average molecular weight is 824 g/mol. The van der Waals surface area contributed by atoms with E-state index in [0.717, 1.165) is 41.3 Å². The van der Waals surface area contributed by atoms with Crippen molar-refractivity contribution in [3.8, 4) is 11.8 Å². The average Bonchev–Trinajstić information content (AvgIpc) is 3.97. The van der Waals surface area contributed by atoms with E-state index >= 15 is 0 Å². The van der Waals surface area contributed by atoms with Gasteiger partial charge in [-0.15, -0.1) is 11.3 Å². The molecular formula is C44H50N5O7PS. The van der Waals surface area contributed by atoms with E-state index in [1.807, 2.05) is 61.5 Å². The smallest absolute Gasteiger partial charge is 0.323 e. The maximum absolute atomic E-state index is 14.4. The monoisotopic (exact) mass is 823 g/mol. The maximum Gasteiger partial charge on any atom is 0.323 e. The number of likely N-dealkylation sites (tertiary alicyclic amines) is 1. The molecule has 2 N–H and O–H groups in total. The molecule has 0 spiro atoms. The van der Waals surface area contributed by atoms with Crippen molar-refractivity contribution < 1.29 is 33.0 Å². The number of nitrogens with one attached hydrogen (secondary N) is 2. The van der Waals surface area contributed by atoms with E-state index in [1.165, 1.54) is 11.3 Å². The van der Waals surface area contributed by atoms with Gasteiger partial charge in [0.15, 0.2) is 0 Å². The summed E-state index contributed by atoms with van der Waals surface area (Å²) >= 11 is 1.30. The molecule has 0 radical (unpaired) electrons. The third-order valence-electron chi connectivity index (χ3n) is 11.3. The Morgan fingerprint density at radius 2 is 1.71 bits per heavy atom. The van der Waals surface area contributed by atoms with Gasteiger partial charge in [-0.2, -0.15) is 5.26 Å². The Labute approximate surface area is 343 Å². The molecule has 14 heteroatoms.